The first-order valence-electron chi connectivity index (χ1n) is 4.96. The third-order valence-corrected chi connectivity index (χ3v) is 4.25. The monoisotopic (exact) mass is 282 g/mol. The van der Waals surface area contributed by atoms with E-state index in [1.807, 2.05) is 0 Å². The first kappa shape index (κ1) is 13.1. The van der Waals surface area contributed by atoms with E-state index >= 15 is 0 Å². The molecule has 0 fully saturated rings. The Bertz CT molecular complexity index is 679. The highest BCUT2D eigenvalue weighted by Gasteiger charge is 2.20. The van der Waals surface area contributed by atoms with Crippen molar-refractivity contribution in [1.29, 1.82) is 0 Å². The Morgan fingerprint density at radius 3 is 2.22 bits per heavy atom. The van der Waals surface area contributed by atoms with E-state index in [0.29, 0.717) is 10.9 Å². The van der Waals surface area contributed by atoms with Crippen molar-refractivity contribution in [2.24, 2.45) is 0 Å². The Morgan fingerprint density at radius 1 is 1.06 bits per heavy atom. The lowest BCUT2D eigenvalue weighted by Crippen LogP contribution is -2.02. The minimum absolute atomic E-state index is 0.0381. The molecule has 0 saturated heterocycles. The van der Waals surface area contributed by atoms with Crippen molar-refractivity contribution in [2.45, 2.75) is 9.79 Å². The van der Waals surface area contributed by atoms with Crippen molar-refractivity contribution in [3.63, 3.8) is 0 Å². The second-order valence-corrected chi connectivity index (χ2v) is 5.36. The van der Waals surface area contributed by atoms with Gasteiger partial charge in [-0.3, -0.25) is 0 Å². The van der Waals surface area contributed by atoms with Crippen molar-refractivity contribution in [2.75, 3.05) is 0 Å². The highest BCUT2D eigenvalue weighted by Crippen LogP contribution is 2.31. The van der Waals surface area contributed by atoms with Gasteiger partial charge in [-0.25, -0.2) is 8.42 Å². The molecular formula is C12H10O4S2. The van der Waals surface area contributed by atoms with Crippen LogP contribution < -0.4 is 0 Å². The molecule has 0 heterocycles. The lowest BCUT2D eigenvalue weighted by molar-refractivity contribution is 0.551. The number of benzene rings is 2. The van der Waals surface area contributed by atoms with E-state index in [1.54, 1.807) is 30.3 Å². The largest absolute Gasteiger partial charge is 0.302 e. The zero-order valence-electron chi connectivity index (χ0n) is 9.20. The number of rotatable bonds is 3. The Balaban J connectivity index is 3.03. The van der Waals surface area contributed by atoms with Crippen molar-refractivity contribution >= 4 is 39.0 Å². The van der Waals surface area contributed by atoms with Crippen LogP contribution in [0, 0.1) is 0 Å². The molecule has 2 rings (SSSR count). The fourth-order valence-electron chi connectivity index (χ4n) is 1.82. The highest BCUT2D eigenvalue weighted by molar-refractivity contribution is 7.82. The molecule has 0 amide bonds. The molecule has 2 atom stereocenters. The standard InChI is InChI=1S/C12H10O4S2/c1-2-8-7-9-5-3-4-6-10(9)12(18(15)16)11(8)17(13)14/h2-7H,1H2,(H,13,14)(H,15,16). The summed E-state index contributed by atoms with van der Waals surface area (Å²) in [5.74, 6) is 0. The summed E-state index contributed by atoms with van der Waals surface area (Å²) < 4.78 is 41.5. The molecule has 18 heavy (non-hydrogen) atoms. The van der Waals surface area contributed by atoms with Gasteiger partial charge in [-0.15, -0.1) is 0 Å². The van der Waals surface area contributed by atoms with Crippen molar-refractivity contribution in [3.05, 3.63) is 42.5 Å². The second kappa shape index (κ2) is 5.11. The summed E-state index contributed by atoms with van der Waals surface area (Å²) in [5, 5.41) is 1.21. The van der Waals surface area contributed by atoms with Gasteiger partial charge in [0.1, 0.15) is 0 Å². The molecule has 0 aliphatic rings. The van der Waals surface area contributed by atoms with Crippen LogP contribution in [-0.4, -0.2) is 17.5 Å². The fourth-order valence-corrected chi connectivity index (χ4v) is 3.51. The molecule has 0 aromatic heterocycles. The summed E-state index contributed by atoms with van der Waals surface area (Å²) in [6.45, 7) is 3.56. The maximum Gasteiger partial charge on any atom is 0.188 e. The van der Waals surface area contributed by atoms with Crippen LogP contribution >= 0.6 is 0 Å². The molecule has 2 aromatic carbocycles. The van der Waals surface area contributed by atoms with E-state index < -0.39 is 22.2 Å². The van der Waals surface area contributed by atoms with Gasteiger partial charge in [0.15, 0.2) is 22.2 Å². The fraction of sp³-hybridized carbons (Fsp3) is 0. The van der Waals surface area contributed by atoms with E-state index in [0.717, 1.165) is 5.39 Å². The number of fused-ring (bicyclic) bond motifs is 1. The Labute approximate surface area is 109 Å². The van der Waals surface area contributed by atoms with Crippen LogP contribution in [-0.2, 0) is 22.2 Å². The zero-order valence-corrected chi connectivity index (χ0v) is 10.8. The molecule has 2 unspecified atom stereocenters. The van der Waals surface area contributed by atoms with Crippen LogP contribution in [0.4, 0.5) is 0 Å². The van der Waals surface area contributed by atoms with Crippen LogP contribution in [0.5, 0.6) is 0 Å². The summed E-state index contributed by atoms with van der Waals surface area (Å²) in [6, 6.07) is 8.57. The predicted octanol–water partition coefficient (Wildman–Crippen LogP) is 2.64. The van der Waals surface area contributed by atoms with Gasteiger partial charge in [-0.1, -0.05) is 36.9 Å². The molecule has 0 aliphatic carbocycles. The highest BCUT2D eigenvalue weighted by atomic mass is 32.2. The van der Waals surface area contributed by atoms with Crippen molar-refractivity contribution in [1.82, 2.24) is 0 Å². The van der Waals surface area contributed by atoms with E-state index in [-0.39, 0.29) is 9.79 Å². The maximum atomic E-state index is 11.4. The topological polar surface area (TPSA) is 74.6 Å². The van der Waals surface area contributed by atoms with Gasteiger partial charge in [0.25, 0.3) is 0 Å². The maximum absolute atomic E-state index is 11.4. The first-order valence-corrected chi connectivity index (χ1v) is 7.17. The summed E-state index contributed by atoms with van der Waals surface area (Å²) >= 11 is -4.70. The van der Waals surface area contributed by atoms with Gasteiger partial charge in [-0.2, -0.15) is 0 Å². The summed E-state index contributed by atoms with van der Waals surface area (Å²) in [7, 11) is 0. The lowest BCUT2D eigenvalue weighted by atomic mass is 10.1. The molecule has 0 spiro atoms. The van der Waals surface area contributed by atoms with Gasteiger partial charge < -0.3 is 9.11 Å². The lowest BCUT2D eigenvalue weighted by Gasteiger charge is -2.10. The SMILES string of the molecule is C=Cc1cc2ccccc2c(S(=O)O)c1S(=O)O. The molecule has 0 bridgehead atoms. The third kappa shape index (κ3) is 2.15. The molecule has 6 heteroatoms. The molecule has 0 aliphatic heterocycles. The molecule has 2 aromatic rings. The number of hydrogen-bond donors (Lipinski definition) is 2. The Hall–Kier alpha value is -1.34. The minimum Gasteiger partial charge on any atom is -0.302 e. The van der Waals surface area contributed by atoms with Gasteiger partial charge in [0, 0.05) is 5.39 Å². The Kier molecular flexibility index (Phi) is 3.72. The third-order valence-electron chi connectivity index (χ3n) is 2.55. The van der Waals surface area contributed by atoms with Crippen LogP contribution in [0.1, 0.15) is 5.56 Å². The van der Waals surface area contributed by atoms with Gasteiger partial charge >= 0.3 is 0 Å². The first-order chi connectivity index (χ1) is 8.56. The normalized spacial score (nSPS) is 14.3. The van der Waals surface area contributed by atoms with Crippen molar-refractivity contribution < 1.29 is 17.5 Å². The van der Waals surface area contributed by atoms with Crippen LogP contribution in [0.2, 0.25) is 0 Å². The van der Waals surface area contributed by atoms with Crippen LogP contribution in [0.25, 0.3) is 16.8 Å². The molecule has 4 nitrogen and oxygen atoms in total. The summed E-state index contributed by atoms with van der Waals surface area (Å²) in [6.07, 6.45) is 1.40. The predicted molar refractivity (Wildman–Crippen MR) is 72.1 cm³/mol. The minimum atomic E-state index is -2.35. The summed E-state index contributed by atoms with van der Waals surface area (Å²) in [4.78, 5) is -0.103. The van der Waals surface area contributed by atoms with Gasteiger partial charge in [-0.05, 0) is 17.0 Å². The van der Waals surface area contributed by atoms with Gasteiger partial charge in [0.2, 0.25) is 0 Å². The zero-order chi connectivity index (χ0) is 13.3. The molecule has 0 saturated carbocycles. The second-order valence-electron chi connectivity index (χ2n) is 3.55. The van der Waals surface area contributed by atoms with Crippen LogP contribution in [0.3, 0.4) is 0 Å². The van der Waals surface area contributed by atoms with Crippen molar-refractivity contribution in [3.8, 4) is 0 Å². The van der Waals surface area contributed by atoms with E-state index in [4.69, 9.17) is 0 Å². The molecule has 2 N–H and O–H groups in total. The van der Waals surface area contributed by atoms with E-state index in [9.17, 15) is 17.5 Å². The van der Waals surface area contributed by atoms with E-state index in [1.165, 1.54) is 6.08 Å². The smallest absolute Gasteiger partial charge is 0.188 e. The molecule has 0 radical (unpaired) electrons. The summed E-state index contributed by atoms with van der Waals surface area (Å²) in [5.41, 5.74) is 0.381. The number of hydrogen-bond acceptors (Lipinski definition) is 2. The average Bonchev–Trinajstić information content (AvgIpc) is 2.35. The quantitative estimate of drug-likeness (QED) is 0.849. The Morgan fingerprint density at radius 2 is 1.67 bits per heavy atom. The molecule has 94 valence electrons. The average molecular weight is 282 g/mol. The van der Waals surface area contributed by atoms with E-state index in [2.05, 4.69) is 6.58 Å². The molecular weight excluding hydrogens is 272 g/mol. The van der Waals surface area contributed by atoms with Gasteiger partial charge in [0.05, 0.1) is 9.79 Å². The van der Waals surface area contributed by atoms with Crippen LogP contribution in [0.15, 0.2) is 46.7 Å².